The Morgan fingerprint density at radius 1 is 0.862 bits per heavy atom. The second kappa shape index (κ2) is 9.09. The molecule has 0 aliphatic rings. The number of benzene rings is 2. The van der Waals surface area contributed by atoms with E-state index in [1.165, 1.54) is 32.4 Å². The van der Waals surface area contributed by atoms with Crippen LogP contribution in [-0.2, 0) is 13.0 Å². The van der Waals surface area contributed by atoms with E-state index in [-0.39, 0.29) is 24.0 Å². The Kier molecular flexibility index (Phi) is 6.31. The van der Waals surface area contributed by atoms with Crippen LogP contribution in [0.4, 0.5) is 0 Å². The molecule has 5 rings (SSSR count). The first-order valence-electron chi connectivity index (χ1n) is 9.85. The van der Waals surface area contributed by atoms with E-state index in [0.717, 1.165) is 31.3 Å². The SMILES string of the molecule is I.c1csc(-c2cc(CCCCn3ccc4ccccc43)nc3ccccc23)c1. The van der Waals surface area contributed by atoms with Gasteiger partial charge in [0.15, 0.2) is 0 Å². The van der Waals surface area contributed by atoms with E-state index in [9.17, 15) is 0 Å². The quantitative estimate of drug-likeness (QED) is 0.170. The first-order valence-corrected chi connectivity index (χ1v) is 10.7. The summed E-state index contributed by atoms with van der Waals surface area (Å²) in [5.74, 6) is 0. The Morgan fingerprint density at radius 3 is 2.62 bits per heavy atom. The van der Waals surface area contributed by atoms with Gasteiger partial charge in [0.25, 0.3) is 0 Å². The molecule has 0 amide bonds. The van der Waals surface area contributed by atoms with Gasteiger partial charge in [0.1, 0.15) is 0 Å². The molecule has 0 fully saturated rings. The van der Waals surface area contributed by atoms with Crippen LogP contribution in [0.2, 0.25) is 0 Å². The van der Waals surface area contributed by atoms with E-state index in [2.05, 4.69) is 88.9 Å². The fraction of sp³-hybridized carbons (Fsp3) is 0.160. The van der Waals surface area contributed by atoms with Crippen molar-refractivity contribution in [3.63, 3.8) is 0 Å². The number of fused-ring (bicyclic) bond motifs is 2. The Morgan fingerprint density at radius 2 is 1.72 bits per heavy atom. The van der Waals surface area contributed by atoms with Crippen LogP contribution in [-0.4, -0.2) is 9.55 Å². The number of rotatable bonds is 6. The van der Waals surface area contributed by atoms with Gasteiger partial charge in [0.05, 0.1) is 5.52 Å². The van der Waals surface area contributed by atoms with E-state index in [1.807, 2.05) is 0 Å². The minimum atomic E-state index is 0. The number of nitrogens with zero attached hydrogens (tertiary/aromatic N) is 2. The molecule has 2 aromatic carbocycles. The number of aryl methyl sites for hydroxylation is 2. The number of hydrogen-bond acceptors (Lipinski definition) is 2. The second-order valence-electron chi connectivity index (χ2n) is 7.18. The highest BCUT2D eigenvalue weighted by atomic mass is 127. The van der Waals surface area contributed by atoms with E-state index < -0.39 is 0 Å². The van der Waals surface area contributed by atoms with Crippen LogP contribution < -0.4 is 0 Å². The van der Waals surface area contributed by atoms with E-state index in [1.54, 1.807) is 11.3 Å². The Labute approximate surface area is 192 Å². The number of hydrogen-bond donors (Lipinski definition) is 0. The third kappa shape index (κ3) is 4.23. The lowest BCUT2D eigenvalue weighted by Gasteiger charge is -2.09. The van der Waals surface area contributed by atoms with Gasteiger partial charge in [0.2, 0.25) is 0 Å². The number of unbranched alkanes of at least 4 members (excludes halogenated alkanes) is 1. The predicted octanol–water partition coefficient (Wildman–Crippen LogP) is 7.56. The van der Waals surface area contributed by atoms with Crippen molar-refractivity contribution in [2.75, 3.05) is 0 Å². The molecule has 0 atom stereocenters. The molecule has 0 aliphatic heterocycles. The van der Waals surface area contributed by atoms with Crippen LogP contribution in [0, 0.1) is 0 Å². The molecule has 3 heterocycles. The maximum absolute atomic E-state index is 4.93. The van der Waals surface area contributed by atoms with E-state index in [4.69, 9.17) is 4.98 Å². The highest BCUT2D eigenvalue weighted by molar-refractivity contribution is 14.0. The molecule has 0 saturated heterocycles. The predicted molar refractivity (Wildman–Crippen MR) is 135 cm³/mol. The number of pyridine rings is 1. The molecule has 29 heavy (non-hydrogen) atoms. The van der Waals surface area contributed by atoms with Crippen molar-refractivity contribution in [3.05, 3.63) is 90.1 Å². The lowest BCUT2D eigenvalue weighted by Crippen LogP contribution is -1.98. The molecule has 0 saturated carbocycles. The van der Waals surface area contributed by atoms with Gasteiger partial charge in [-0.25, -0.2) is 0 Å². The molecule has 3 aromatic heterocycles. The van der Waals surface area contributed by atoms with Crippen molar-refractivity contribution >= 4 is 57.1 Å². The molecule has 4 heteroatoms. The molecule has 0 aliphatic carbocycles. The highest BCUT2D eigenvalue weighted by Crippen LogP contribution is 2.32. The average molecular weight is 510 g/mol. The normalized spacial score (nSPS) is 11.0. The zero-order valence-corrected chi connectivity index (χ0v) is 19.3. The lowest BCUT2D eigenvalue weighted by molar-refractivity contribution is 0.621. The summed E-state index contributed by atoms with van der Waals surface area (Å²) in [4.78, 5) is 6.25. The number of thiophene rings is 1. The molecule has 0 bridgehead atoms. The minimum absolute atomic E-state index is 0. The van der Waals surface area contributed by atoms with Crippen LogP contribution >= 0.6 is 35.3 Å². The van der Waals surface area contributed by atoms with Crippen molar-refractivity contribution in [2.24, 2.45) is 0 Å². The largest absolute Gasteiger partial charge is 0.347 e. The summed E-state index contributed by atoms with van der Waals surface area (Å²) in [5.41, 5.74) is 4.93. The maximum Gasteiger partial charge on any atom is 0.0711 e. The van der Waals surface area contributed by atoms with Crippen LogP contribution in [0.15, 0.2) is 84.4 Å². The van der Waals surface area contributed by atoms with Gasteiger partial charge in [-0.2, -0.15) is 0 Å². The van der Waals surface area contributed by atoms with Crippen molar-refractivity contribution in [1.29, 1.82) is 0 Å². The van der Waals surface area contributed by atoms with E-state index >= 15 is 0 Å². The molecule has 2 nitrogen and oxygen atoms in total. The summed E-state index contributed by atoms with van der Waals surface area (Å²) in [5, 5.41) is 4.71. The molecule has 146 valence electrons. The first-order chi connectivity index (χ1) is 13.9. The molecular formula is C25H23IN2S. The molecule has 0 radical (unpaired) electrons. The van der Waals surface area contributed by atoms with Gasteiger partial charge in [-0.15, -0.1) is 35.3 Å². The van der Waals surface area contributed by atoms with Crippen molar-refractivity contribution in [2.45, 2.75) is 25.8 Å². The third-order valence-corrected chi connectivity index (χ3v) is 6.22. The Hall–Kier alpha value is -2.18. The topological polar surface area (TPSA) is 17.8 Å². The highest BCUT2D eigenvalue weighted by Gasteiger charge is 2.09. The Balaban J connectivity index is 0.00000205. The third-order valence-electron chi connectivity index (χ3n) is 5.32. The van der Waals surface area contributed by atoms with E-state index in [0.29, 0.717) is 0 Å². The van der Waals surface area contributed by atoms with Crippen molar-refractivity contribution in [3.8, 4) is 10.4 Å². The maximum atomic E-state index is 4.93. The van der Waals surface area contributed by atoms with Crippen LogP contribution in [0.5, 0.6) is 0 Å². The fourth-order valence-electron chi connectivity index (χ4n) is 3.92. The van der Waals surface area contributed by atoms with Gasteiger partial charge >= 0.3 is 0 Å². The fourth-order valence-corrected chi connectivity index (χ4v) is 4.67. The van der Waals surface area contributed by atoms with Crippen molar-refractivity contribution in [1.82, 2.24) is 9.55 Å². The van der Waals surface area contributed by atoms with Gasteiger partial charge in [-0.3, -0.25) is 4.98 Å². The summed E-state index contributed by atoms with van der Waals surface area (Å²) in [6, 6.07) is 25.9. The number of halogens is 1. The summed E-state index contributed by atoms with van der Waals surface area (Å²) in [6.45, 7) is 1.05. The van der Waals surface area contributed by atoms with Gasteiger partial charge in [0, 0.05) is 39.8 Å². The summed E-state index contributed by atoms with van der Waals surface area (Å²) in [7, 11) is 0. The smallest absolute Gasteiger partial charge is 0.0711 e. The average Bonchev–Trinajstić information content (AvgIpc) is 3.41. The van der Waals surface area contributed by atoms with Gasteiger partial charge in [-0.05, 0) is 60.4 Å². The van der Waals surface area contributed by atoms with Gasteiger partial charge in [-0.1, -0.05) is 42.5 Å². The van der Waals surface area contributed by atoms with Gasteiger partial charge < -0.3 is 4.57 Å². The molecule has 0 spiro atoms. The first kappa shape index (κ1) is 20.1. The second-order valence-corrected chi connectivity index (χ2v) is 8.13. The molecule has 0 unspecified atom stereocenters. The summed E-state index contributed by atoms with van der Waals surface area (Å²) in [6.07, 6.45) is 5.51. The molecule has 5 aromatic rings. The minimum Gasteiger partial charge on any atom is -0.347 e. The van der Waals surface area contributed by atoms with Crippen LogP contribution in [0.25, 0.3) is 32.2 Å². The zero-order chi connectivity index (χ0) is 18.8. The van der Waals surface area contributed by atoms with Crippen LogP contribution in [0.1, 0.15) is 18.5 Å². The lowest BCUT2D eigenvalue weighted by atomic mass is 10.0. The van der Waals surface area contributed by atoms with Crippen molar-refractivity contribution < 1.29 is 0 Å². The number of para-hydroxylation sites is 2. The monoisotopic (exact) mass is 510 g/mol. The summed E-state index contributed by atoms with van der Waals surface area (Å²) >= 11 is 1.80. The number of aromatic nitrogens is 2. The Bertz CT molecular complexity index is 1220. The standard InChI is InChI=1S/C25H22N2S.HI/c1-4-12-24-19(8-1)14-16-27(24)15-6-5-9-20-18-22(25-13-7-17-28-25)21-10-2-3-11-23(21)26-20;/h1-4,7-8,10-14,16-18H,5-6,9,15H2;1H. The zero-order valence-electron chi connectivity index (χ0n) is 16.1. The van der Waals surface area contributed by atoms with Crippen LogP contribution in [0.3, 0.4) is 0 Å². The summed E-state index contributed by atoms with van der Waals surface area (Å²) < 4.78 is 2.36. The molecular weight excluding hydrogens is 487 g/mol. The molecule has 0 N–H and O–H groups in total.